The molecule has 0 aliphatic carbocycles. The number of nitrogens with zero attached hydrogens (tertiary/aromatic N) is 3. The van der Waals surface area contributed by atoms with E-state index in [1.165, 1.54) is 0 Å². The molecule has 0 spiro atoms. The molecule has 0 bridgehead atoms. The van der Waals surface area contributed by atoms with Gasteiger partial charge in [0.2, 0.25) is 5.91 Å². The number of alkyl halides is 3. The van der Waals surface area contributed by atoms with Crippen LogP contribution >= 0.6 is 11.6 Å². The molecule has 2 fully saturated rings. The molecular formula is C18H24ClF3N4O2. The van der Waals surface area contributed by atoms with Crippen LogP contribution in [0, 0.1) is 0 Å². The first-order chi connectivity index (χ1) is 13.3. The van der Waals surface area contributed by atoms with Gasteiger partial charge in [0, 0.05) is 45.5 Å². The number of carbonyl (C=O) groups excluding carboxylic acids is 1. The fourth-order valence-electron chi connectivity index (χ4n) is 3.45. The average Bonchev–Trinajstić information content (AvgIpc) is 3.05. The Morgan fingerprint density at radius 3 is 2.79 bits per heavy atom. The number of pyridine rings is 1. The largest absolute Gasteiger partial charge is 0.417 e. The van der Waals surface area contributed by atoms with Gasteiger partial charge in [-0.15, -0.1) is 0 Å². The van der Waals surface area contributed by atoms with Gasteiger partial charge in [0.25, 0.3) is 0 Å². The minimum atomic E-state index is -4.47. The Morgan fingerprint density at radius 1 is 1.29 bits per heavy atom. The van der Waals surface area contributed by atoms with Gasteiger partial charge in [-0.2, -0.15) is 13.2 Å². The zero-order valence-corrected chi connectivity index (χ0v) is 16.2. The summed E-state index contributed by atoms with van der Waals surface area (Å²) in [7, 11) is 0. The van der Waals surface area contributed by atoms with Gasteiger partial charge in [0.05, 0.1) is 23.2 Å². The van der Waals surface area contributed by atoms with Crippen LogP contribution in [-0.2, 0) is 15.7 Å². The number of carbonyl (C=O) groups is 1. The third kappa shape index (κ3) is 5.71. The van der Waals surface area contributed by atoms with Crippen LogP contribution in [0.2, 0.25) is 5.02 Å². The lowest BCUT2D eigenvalue weighted by Gasteiger charge is -2.24. The first-order valence-corrected chi connectivity index (χ1v) is 9.79. The average molecular weight is 421 g/mol. The van der Waals surface area contributed by atoms with Gasteiger partial charge in [0.1, 0.15) is 5.82 Å². The van der Waals surface area contributed by atoms with E-state index in [0.29, 0.717) is 32.0 Å². The highest BCUT2D eigenvalue weighted by atomic mass is 35.5. The molecule has 3 heterocycles. The first kappa shape index (κ1) is 21.1. The Kier molecular flexibility index (Phi) is 7.00. The predicted molar refractivity (Wildman–Crippen MR) is 99.5 cm³/mol. The van der Waals surface area contributed by atoms with Crippen molar-refractivity contribution in [3.63, 3.8) is 0 Å². The number of halogens is 4. The summed E-state index contributed by atoms with van der Waals surface area (Å²) in [5.74, 6) is 0.300. The molecule has 3 rings (SSSR count). The van der Waals surface area contributed by atoms with Gasteiger partial charge in [0.15, 0.2) is 0 Å². The number of rotatable bonds is 5. The van der Waals surface area contributed by atoms with Crippen molar-refractivity contribution >= 4 is 23.3 Å². The Morgan fingerprint density at radius 2 is 2.11 bits per heavy atom. The summed E-state index contributed by atoms with van der Waals surface area (Å²) in [6.07, 6.45) is -0.790. The number of ether oxygens (including phenoxy) is 1. The summed E-state index contributed by atoms with van der Waals surface area (Å²) in [4.78, 5) is 20.0. The third-order valence-electron chi connectivity index (χ3n) is 4.96. The van der Waals surface area contributed by atoms with Gasteiger partial charge in [-0.05, 0) is 25.3 Å². The predicted octanol–water partition coefficient (Wildman–Crippen LogP) is 2.56. The monoisotopic (exact) mass is 420 g/mol. The maximum atomic E-state index is 12.8. The molecule has 6 nitrogen and oxygen atoms in total. The minimum Gasteiger partial charge on any atom is -0.376 e. The fraction of sp³-hybridized carbons (Fsp3) is 0.667. The summed E-state index contributed by atoms with van der Waals surface area (Å²) in [5, 5.41) is 2.89. The lowest BCUT2D eigenvalue weighted by atomic mass is 10.2. The lowest BCUT2D eigenvalue weighted by molar-refractivity contribution is -0.137. The highest BCUT2D eigenvalue weighted by Crippen LogP contribution is 2.33. The molecule has 2 aliphatic rings. The van der Waals surface area contributed by atoms with E-state index in [4.69, 9.17) is 16.3 Å². The molecule has 1 N–H and O–H groups in total. The second-order valence-electron chi connectivity index (χ2n) is 7.08. The molecule has 10 heteroatoms. The molecule has 0 radical (unpaired) electrons. The fourth-order valence-corrected chi connectivity index (χ4v) is 3.74. The van der Waals surface area contributed by atoms with Gasteiger partial charge in [-0.3, -0.25) is 9.69 Å². The van der Waals surface area contributed by atoms with Crippen LogP contribution < -0.4 is 10.2 Å². The molecule has 2 saturated heterocycles. The summed E-state index contributed by atoms with van der Waals surface area (Å²) in [5.41, 5.74) is -0.861. The van der Waals surface area contributed by atoms with Crippen LogP contribution in [-0.4, -0.2) is 67.8 Å². The number of aromatic nitrogens is 1. The second kappa shape index (κ2) is 9.28. The Bertz CT molecular complexity index is 683. The standard InChI is InChI=1S/C18H24ClF3N4O2/c19-15-9-13(18(20,21)22)10-24-17(15)26-5-2-4-25(6-7-26)12-16(27)23-11-14-3-1-8-28-14/h9-10,14H,1-8,11-12H2,(H,23,27). The van der Waals surface area contributed by atoms with E-state index in [1.807, 2.05) is 9.80 Å². The molecule has 0 aromatic carbocycles. The summed E-state index contributed by atoms with van der Waals surface area (Å²) in [6.45, 7) is 4.05. The molecule has 1 aromatic rings. The molecule has 1 aromatic heterocycles. The molecule has 156 valence electrons. The molecule has 0 saturated carbocycles. The van der Waals surface area contributed by atoms with E-state index < -0.39 is 11.7 Å². The summed E-state index contributed by atoms with van der Waals surface area (Å²) >= 11 is 6.05. The summed E-state index contributed by atoms with van der Waals surface area (Å²) in [6, 6.07) is 0.908. The zero-order valence-electron chi connectivity index (χ0n) is 15.5. The van der Waals surface area contributed by atoms with Crippen LogP contribution in [0.5, 0.6) is 0 Å². The SMILES string of the molecule is O=C(CN1CCCN(c2ncc(C(F)(F)F)cc2Cl)CC1)NCC1CCCO1. The highest BCUT2D eigenvalue weighted by molar-refractivity contribution is 6.33. The van der Waals surface area contributed by atoms with Crippen LogP contribution in [0.4, 0.5) is 19.0 Å². The van der Waals surface area contributed by atoms with Gasteiger partial charge in [-0.1, -0.05) is 11.6 Å². The number of amides is 1. The van der Waals surface area contributed by atoms with Gasteiger partial charge >= 0.3 is 6.18 Å². The zero-order chi connectivity index (χ0) is 20.1. The van der Waals surface area contributed by atoms with E-state index in [1.54, 1.807) is 0 Å². The van der Waals surface area contributed by atoms with Gasteiger partial charge < -0.3 is 15.0 Å². The molecular weight excluding hydrogens is 397 g/mol. The van der Waals surface area contributed by atoms with Crippen LogP contribution in [0.3, 0.4) is 0 Å². The van der Waals surface area contributed by atoms with Crippen LogP contribution in [0.1, 0.15) is 24.8 Å². The van der Waals surface area contributed by atoms with E-state index in [0.717, 1.165) is 44.7 Å². The van der Waals surface area contributed by atoms with E-state index >= 15 is 0 Å². The first-order valence-electron chi connectivity index (χ1n) is 9.41. The van der Waals surface area contributed by atoms with Crippen molar-refractivity contribution in [1.82, 2.24) is 15.2 Å². The highest BCUT2D eigenvalue weighted by Gasteiger charge is 2.32. The maximum absolute atomic E-state index is 12.8. The number of hydrogen-bond acceptors (Lipinski definition) is 5. The van der Waals surface area contributed by atoms with Crippen molar-refractivity contribution in [2.24, 2.45) is 0 Å². The van der Waals surface area contributed by atoms with Crippen LogP contribution in [0.15, 0.2) is 12.3 Å². The summed E-state index contributed by atoms with van der Waals surface area (Å²) < 4.78 is 43.8. The Balaban J connectivity index is 1.51. The van der Waals surface area contributed by atoms with Crippen molar-refractivity contribution in [2.75, 3.05) is 50.8 Å². The van der Waals surface area contributed by atoms with Crippen molar-refractivity contribution in [3.05, 3.63) is 22.8 Å². The third-order valence-corrected chi connectivity index (χ3v) is 5.23. The lowest BCUT2D eigenvalue weighted by Crippen LogP contribution is -2.41. The Hall–Kier alpha value is -1.58. The van der Waals surface area contributed by atoms with Crippen molar-refractivity contribution < 1.29 is 22.7 Å². The topological polar surface area (TPSA) is 57.7 Å². The molecule has 1 amide bonds. The molecule has 1 unspecified atom stereocenters. The van der Waals surface area contributed by atoms with Crippen molar-refractivity contribution in [1.29, 1.82) is 0 Å². The van der Waals surface area contributed by atoms with Crippen molar-refractivity contribution in [3.8, 4) is 0 Å². The second-order valence-corrected chi connectivity index (χ2v) is 7.49. The van der Waals surface area contributed by atoms with Gasteiger partial charge in [-0.25, -0.2) is 4.98 Å². The van der Waals surface area contributed by atoms with E-state index in [2.05, 4.69) is 10.3 Å². The molecule has 28 heavy (non-hydrogen) atoms. The molecule has 2 aliphatic heterocycles. The number of anilines is 1. The smallest absolute Gasteiger partial charge is 0.376 e. The minimum absolute atomic E-state index is 0.0161. The number of nitrogens with one attached hydrogen (secondary N) is 1. The Labute approximate surface area is 167 Å². The molecule has 1 atom stereocenters. The van der Waals surface area contributed by atoms with E-state index in [-0.39, 0.29) is 23.6 Å². The van der Waals surface area contributed by atoms with Crippen LogP contribution in [0.25, 0.3) is 0 Å². The maximum Gasteiger partial charge on any atom is 0.417 e. The number of hydrogen-bond donors (Lipinski definition) is 1. The van der Waals surface area contributed by atoms with Crippen molar-refractivity contribution in [2.45, 2.75) is 31.5 Å². The normalized spacial score (nSPS) is 21.6. The van der Waals surface area contributed by atoms with E-state index in [9.17, 15) is 18.0 Å². The quantitative estimate of drug-likeness (QED) is 0.793.